The summed E-state index contributed by atoms with van der Waals surface area (Å²) in [5.74, 6) is -1.03. The van der Waals surface area contributed by atoms with Crippen LogP contribution < -0.4 is 9.88 Å². The molecule has 1 aromatic rings. The summed E-state index contributed by atoms with van der Waals surface area (Å²) in [6, 6.07) is 1.30. The first-order valence-corrected chi connectivity index (χ1v) is 6.08. The van der Waals surface area contributed by atoms with Crippen molar-refractivity contribution < 1.29 is 26.3 Å². The lowest BCUT2D eigenvalue weighted by Gasteiger charge is -2.12. The van der Waals surface area contributed by atoms with Gasteiger partial charge in [-0.2, -0.15) is 0 Å². The van der Waals surface area contributed by atoms with Crippen LogP contribution in [0, 0.1) is 0 Å². The van der Waals surface area contributed by atoms with Crippen LogP contribution in [0.2, 0.25) is 10.0 Å². The van der Waals surface area contributed by atoms with Gasteiger partial charge >= 0.3 is 6.36 Å². The molecular weight excluding hydrogens is 306 g/mol. The average Bonchev–Trinajstić information content (AvgIpc) is 2.06. The fourth-order valence-electron chi connectivity index (χ4n) is 0.937. The van der Waals surface area contributed by atoms with Gasteiger partial charge in [0.05, 0.1) is 10.0 Å². The van der Waals surface area contributed by atoms with E-state index >= 15 is 0 Å². The number of hydrogen-bond donors (Lipinski definition) is 1. The molecule has 0 fully saturated rings. The van der Waals surface area contributed by atoms with Crippen molar-refractivity contribution in [2.75, 3.05) is 0 Å². The predicted octanol–water partition coefficient (Wildman–Crippen LogP) is 2.54. The van der Waals surface area contributed by atoms with Crippen molar-refractivity contribution in [3.05, 3.63) is 22.2 Å². The maximum Gasteiger partial charge on any atom is 0.573 e. The number of hydrogen-bond acceptors (Lipinski definition) is 3. The third-order valence-corrected chi connectivity index (χ3v) is 3.17. The van der Waals surface area contributed by atoms with E-state index in [0.29, 0.717) is 12.1 Å². The highest BCUT2D eigenvalue weighted by Crippen LogP contribution is 2.35. The van der Waals surface area contributed by atoms with Crippen molar-refractivity contribution in [1.29, 1.82) is 0 Å². The van der Waals surface area contributed by atoms with Gasteiger partial charge in [-0.3, -0.25) is 0 Å². The Morgan fingerprint density at radius 3 is 2.06 bits per heavy atom. The lowest BCUT2D eigenvalue weighted by atomic mass is 10.3. The molecule has 0 unspecified atom stereocenters. The highest BCUT2D eigenvalue weighted by Gasteiger charge is 2.34. The first-order valence-electron chi connectivity index (χ1n) is 3.78. The minimum atomic E-state index is -5.07. The normalized spacial score (nSPS) is 12.6. The molecule has 1 aromatic carbocycles. The highest BCUT2D eigenvalue weighted by molar-refractivity contribution is 7.89. The van der Waals surface area contributed by atoms with Crippen molar-refractivity contribution in [2.24, 2.45) is 5.14 Å². The second-order valence-electron chi connectivity index (χ2n) is 2.81. The van der Waals surface area contributed by atoms with Gasteiger partial charge in [0.15, 0.2) is 5.75 Å². The average molecular weight is 310 g/mol. The molecule has 0 aromatic heterocycles. The standard InChI is InChI=1S/C7H4Cl2F3NO3S/c8-3-1-5(16-7(10,11)12)6(2-4(3)9)17(13,14)15/h1-2H,(H2,13,14,15). The first-order chi connectivity index (χ1) is 7.50. The fraction of sp³-hybridized carbons (Fsp3) is 0.143. The van der Waals surface area contributed by atoms with Crippen LogP contribution in [0.4, 0.5) is 13.2 Å². The van der Waals surface area contributed by atoms with Gasteiger partial charge in [-0.25, -0.2) is 13.6 Å². The minimum absolute atomic E-state index is 0.259. The monoisotopic (exact) mass is 309 g/mol. The van der Waals surface area contributed by atoms with E-state index in [2.05, 4.69) is 4.74 Å². The second kappa shape index (κ2) is 4.52. The van der Waals surface area contributed by atoms with Gasteiger partial charge in [0.25, 0.3) is 0 Å². The van der Waals surface area contributed by atoms with Crippen LogP contribution >= 0.6 is 23.2 Å². The van der Waals surface area contributed by atoms with Gasteiger partial charge in [0.1, 0.15) is 4.90 Å². The molecule has 0 bridgehead atoms. The maximum absolute atomic E-state index is 12.0. The molecule has 0 aliphatic rings. The van der Waals surface area contributed by atoms with Crippen LogP contribution in [0.1, 0.15) is 0 Å². The predicted molar refractivity (Wildman–Crippen MR) is 54.5 cm³/mol. The molecule has 0 saturated carbocycles. The van der Waals surface area contributed by atoms with Crippen LogP contribution in [-0.4, -0.2) is 14.8 Å². The minimum Gasteiger partial charge on any atom is -0.404 e. The van der Waals surface area contributed by atoms with Crippen LogP contribution in [0.3, 0.4) is 0 Å². The molecule has 0 aliphatic heterocycles. The Morgan fingerprint density at radius 1 is 1.18 bits per heavy atom. The van der Waals surface area contributed by atoms with Gasteiger partial charge in [0, 0.05) is 6.07 Å². The van der Waals surface area contributed by atoms with E-state index in [9.17, 15) is 21.6 Å². The second-order valence-corrected chi connectivity index (χ2v) is 5.15. The topological polar surface area (TPSA) is 69.4 Å². The van der Waals surface area contributed by atoms with Gasteiger partial charge in [0.2, 0.25) is 10.0 Å². The zero-order valence-corrected chi connectivity index (χ0v) is 10.1. The third-order valence-electron chi connectivity index (χ3n) is 1.52. The molecule has 17 heavy (non-hydrogen) atoms. The van der Waals surface area contributed by atoms with Gasteiger partial charge in [-0.15, -0.1) is 13.2 Å². The van der Waals surface area contributed by atoms with Crippen LogP contribution in [-0.2, 0) is 10.0 Å². The van der Waals surface area contributed by atoms with Crippen molar-refractivity contribution in [1.82, 2.24) is 0 Å². The number of benzene rings is 1. The van der Waals surface area contributed by atoms with E-state index in [1.54, 1.807) is 0 Å². The number of halogens is 5. The van der Waals surface area contributed by atoms with E-state index in [1.165, 1.54) is 0 Å². The molecule has 0 atom stereocenters. The molecule has 10 heteroatoms. The zero-order valence-electron chi connectivity index (χ0n) is 7.75. The fourth-order valence-corrected chi connectivity index (χ4v) is 1.98. The smallest absolute Gasteiger partial charge is 0.404 e. The number of sulfonamides is 1. The number of nitrogens with two attached hydrogens (primary N) is 1. The Morgan fingerprint density at radius 2 is 1.65 bits per heavy atom. The summed E-state index contributed by atoms with van der Waals surface area (Å²) < 4.78 is 61.6. The largest absolute Gasteiger partial charge is 0.573 e. The van der Waals surface area contributed by atoms with Crippen molar-refractivity contribution in [2.45, 2.75) is 11.3 Å². The Hall–Kier alpha value is -0.700. The Labute approximate surface area is 104 Å². The molecule has 0 amide bonds. The quantitative estimate of drug-likeness (QED) is 0.912. The molecule has 0 saturated heterocycles. The summed E-state index contributed by atoms with van der Waals surface area (Å²) >= 11 is 10.9. The summed E-state index contributed by atoms with van der Waals surface area (Å²) in [6.07, 6.45) is -5.07. The van der Waals surface area contributed by atoms with Crippen LogP contribution in [0.5, 0.6) is 5.75 Å². The molecule has 0 aliphatic carbocycles. The summed E-state index contributed by atoms with van der Waals surface area (Å²) in [5, 5.41) is 4.17. The zero-order chi connectivity index (χ0) is 13.4. The van der Waals surface area contributed by atoms with Gasteiger partial charge in [-0.05, 0) is 6.07 Å². The summed E-state index contributed by atoms with van der Waals surface area (Å²) in [7, 11) is -4.41. The van der Waals surface area contributed by atoms with E-state index < -0.39 is 27.0 Å². The summed E-state index contributed by atoms with van der Waals surface area (Å²) in [4.78, 5) is -0.899. The van der Waals surface area contributed by atoms with E-state index in [4.69, 9.17) is 28.3 Å². The van der Waals surface area contributed by atoms with E-state index in [-0.39, 0.29) is 10.0 Å². The SMILES string of the molecule is NS(=O)(=O)c1cc(Cl)c(Cl)cc1OC(F)(F)F. The third kappa shape index (κ3) is 3.91. The molecule has 2 N–H and O–H groups in total. The van der Waals surface area contributed by atoms with Gasteiger partial charge in [-0.1, -0.05) is 23.2 Å². The van der Waals surface area contributed by atoms with E-state index in [1.807, 2.05) is 0 Å². The first kappa shape index (κ1) is 14.4. The number of rotatable bonds is 2. The van der Waals surface area contributed by atoms with Crippen molar-refractivity contribution in [3.8, 4) is 5.75 Å². The number of alkyl halides is 3. The van der Waals surface area contributed by atoms with Crippen molar-refractivity contribution in [3.63, 3.8) is 0 Å². The van der Waals surface area contributed by atoms with Gasteiger partial charge < -0.3 is 4.74 Å². The Kier molecular flexibility index (Phi) is 3.82. The maximum atomic E-state index is 12.0. The molecule has 0 heterocycles. The Bertz CT molecular complexity index is 544. The molecule has 96 valence electrons. The van der Waals surface area contributed by atoms with E-state index in [0.717, 1.165) is 0 Å². The summed E-state index contributed by atoms with van der Waals surface area (Å²) in [5.41, 5.74) is 0. The summed E-state index contributed by atoms with van der Waals surface area (Å²) in [6.45, 7) is 0. The molecule has 0 spiro atoms. The van der Waals surface area contributed by atoms with Crippen molar-refractivity contribution >= 4 is 33.2 Å². The molecule has 0 radical (unpaired) electrons. The Balaban J connectivity index is 3.42. The molecular formula is C7H4Cl2F3NO3S. The lowest BCUT2D eigenvalue weighted by molar-refractivity contribution is -0.275. The molecule has 1 rings (SSSR count). The highest BCUT2D eigenvalue weighted by atomic mass is 35.5. The molecule has 4 nitrogen and oxygen atoms in total. The number of ether oxygens (including phenoxy) is 1. The number of primary sulfonamides is 1. The van der Waals surface area contributed by atoms with Crippen LogP contribution in [0.25, 0.3) is 0 Å². The lowest BCUT2D eigenvalue weighted by Crippen LogP contribution is -2.21. The van der Waals surface area contributed by atoms with Crippen LogP contribution in [0.15, 0.2) is 17.0 Å².